The van der Waals surface area contributed by atoms with Crippen molar-refractivity contribution in [1.29, 1.82) is 0 Å². The van der Waals surface area contributed by atoms with Gasteiger partial charge in [0, 0.05) is 26.9 Å². The molecule has 2 rings (SSSR count). The van der Waals surface area contributed by atoms with E-state index >= 15 is 0 Å². The van der Waals surface area contributed by atoms with Crippen molar-refractivity contribution in [2.24, 2.45) is 5.73 Å². The summed E-state index contributed by atoms with van der Waals surface area (Å²) < 4.78 is 1.07. The molecule has 0 amide bonds. The molecule has 0 radical (unpaired) electrons. The molecular formula is C14H17BrN2S. The third-order valence-corrected chi connectivity index (χ3v) is 4.50. The average molecular weight is 325 g/mol. The maximum absolute atomic E-state index is 5.84. The fraction of sp³-hybridized carbons (Fsp3) is 0.357. The molecule has 1 aromatic heterocycles. The number of hydrogen-bond acceptors (Lipinski definition) is 3. The highest BCUT2D eigenvalue weighted by molar-refractivity contribution is 9.10. The quantitative estimate of drug-likeness (QED) is 0.892. The van der Waals surface area contributed by atoms with E-state index in [1.54, 1.807) is 11.3 Å². The van der Waals surface area contributed by atoms with E-state index in [-0.39, 0.29) is 5.41 Å². The largest absolute Gasteiger partial charge is 0.326 e. The fourth-order valence-electron chi connectivity index (χ4n) is 1.83. The van der Waals surface area contributed by atoms with Crippen molar-refractivity contribution >= 4 is 27.3 Å². The van der Waals surface area contributed by atoms with Crippen molar-refractivity contribution in [2.45, 2.75) is 32.7 Å². The van der Waals surface area contributed by atoms with Gasteiger partial charge in [-0.05, 0) is 6.07 Å². The van der Waals surface area contributed by atoms with Crippen molar-refractivity contribution in [3.05, 3.63) is 39.3 Å². The van der Waals surface area contributed by atoms with E-state index in [0.717, 1.165) is 20.7 Å². The van der Waals surface area contributed by atoms with Crippen LogP contribution in [0.15, 0.2) is 28.7 Å². The van der Waals surface area contributed by atoms with Crippen LogP contribution in [0.4, 0.5) is 0 Å². The van der Waals surface area contributed by atoms with Crippen LogP contribution in [0.5, 0.6) is 0 Å². The molecule has 0 saturated carbocycles. The van der Waals surface area contributed by atoms with Crippen LogP contribution >= 0.6 is 27.3 Å². The van der Waals surface area contributed by atoms with Crippen LogP contribution in [0.2, 0.25) is 0 Å². The normalized spacial score (nSPS) is 11.8. The lowest BCUT2D eigenvalue weighted by molar-refractivity contribution is 0.567. The summed E-state index contributed by atoms with van der Waals surface area (Å²) in [6, 6.07) is 8.15. The topological polar surface area (TPSA) is 38.9 Å². The third kappa shape index (κ3) is 2.66. The molecule has 0 aliphatic rings. The molecule has 0 spiro atoms. The van der Waals surface area contributed by atoms with Gasteiger partial charge in [0.05, 0.1) is 5.69 Å². The first-order valence-corrected chi connectivity index (χ1v) is 7.49. The van der Waals surface area contributed by atoms with E-state index in [1.807, 2.05) is 18.2 Å². The Hall–Kier alpha value is -0.710. The lowest BCUT2D eigenvalue weighted by Crippen LogP contribution is -2.15. The van der Waals surface area contributed by atoms with Crippen LogP contribution in [0.3, 0.4) is 0 Å². The van der Waals surface area contributed by atoms with E-state index < -0.39 is 0 Å². The zero-order valence-corrected chi connectivity index (χ0v) is 13.2. The number of nitrogens with zero attached hydrogens (tertiary/aromatic N) is 1. The molecule has 2 aromatic rings. The summed E-state index contributed by atoms with van der Waals surface area (Å²) in [6.07, 6.45) is 0. The minimum atomic E-state index is 0.0325. The van der Waals surface area contributed by atoms with Crippen molar-refractivity contribution in [2.75, 3.05) is 0 Å². The maximum Gasteiger partial charge on any atom is 0.125 e. The van der Waals surface area contributed by atoms with Gasteiger partial charge in [0.15, 0.2) is 0 Å². The number of benzene rings is 1. The van der Waals surface area contributed by atoms with Crippen LogP contribution in [-0.2, 0) is 12.0 Å². The van der Waals surface area contributed by atoms with E-state index in [1.165, 1.54) is 4.88 Å². The van der Waals surface area contributed by atoms with Crippen LogP contribution in [0.1, 0.15) is 31.3 Å². The molecule has 2 N–H and O–H groups in total. The molecule has 1 heterocycles. The van der Waals surface area contributed by atoms with Gasteiger partial charge in [0.25, 0.3) is 0 Å². The molecule has 0 unspecified atom stereocenters. The van der Waals surface area contributed by atoms with Crippen molar-refractivity contribution in [3.63, 3.8) is 0 Å². The van der Waals surface area contributed by atoms with Gasteiger partial charge < -0.3 is 5.73 Å². The van der Waals surface area contributed by atoms with Crippen LogP contribution in [0, 0.1) is 0 Å². The second-order valence-electron chi connectivity index (χ2n) is 5.22. The number of thiazole rings is 1. The second-order valence-corrected chi connectivity index (χ2v) is 7.16. The number of rotatable bonds is 2. The number of nitrogens with two attached hydrogens (primary N) is 1. The Labute approximate surface area is 120 Å². The van der Waals surface area contributed by atoms with Gasteiger partial charge in [-0.15, -0.1) is 11.3 Å². The van der Waals surface area contributed by atoms with Gasteiger partial charge >= 0.3 is 0 Å². The zero-order valence-electron chi connectivity index (χ0n) is 10.8. The summed E-state index contributed by atoms with van der Waals surface area (Å²) in [4.78, 5) is 5.97. The Balaban J connectivity index is 2.55. The van der Waals surface area contributed by atoms with Gasteiger partial charge in [-0.3, -0.25) is 0 Å². The zero-order chi connectivity index (χ0) is 13.3. The van der Waals surface area contributed by atoms with E-state index in [2.05, 4.69) is 42.8 Å². The van der Waals surface area contributed by atoms with Crippen LogP contribution in [0.25, 0.3) is 10.6 Å². The Bertz CT molecular complexity index is 555. The van der Waals surface area contributed by atoms with Crippen LogP contribution in [-0.4, -0.2) is 4.98 Å². The van der Waals surface area contributed by atoms with E-state index in [9.17, 15) is 0 Å². The summed E-state index contributed by atoms with van der Waals surface area (Å²) in [7, 11) is 0. The van der Waals surface area contributed by atoms with Gasteiger partial charge in [-0.1, -0.05) is 54.9 Å². The number of aromatic nitrogens is 1. The molecule has 18 heavy (non-hydrogen) atoms. The summed E-state index contributed by atoms with van der Waals surface area (Å²) in [5.74, 6) is 0. The fourth-order valence-corrected chi connectivity index (χ4v) is 3.62. The molecule has 0 fully saturated rings. The van der Waals surface area contributed by atoms with Gasteiger partial charge in [0.1, 0.15) is 5.01 Å². The first kappa shape index (κ1) is 13.7. The Morgan fingerprint density at radius 2 is 1.94 bits per heavy atom. The summed E-state index contributed by atoms with van der Waals surface area (Å²) >= 11 is 5.26. The molecule has 0 aliphatic carbocycles. The van der Waals surface area contributed by atoms with Gasteiger partial charge in [0.2, 0.25) is 0 Å². The smallest absolute Gasteiger partial charge is 0.125 e. The van der Waals surface area contributed by atoms with E-state index in [0.29, 0.717) is 6.54 Å². The van der Waals surface area contributed by atoms with Gasteiger partial charge in [-0.2, -0.15) is 0 Å². The lowest BCUT2D eigenvalue weighted by atomic mass is 9.91. The highest BCUT2D eigenvalue weighted by Gasteiger charge is 2.23. The highest BCUT2D eigenvalue weighted by atomic mass is 79.9. The Morgan fingerprint density at radius 3 is 2.44 bits per heavy atom. The predicted octanol–water partition coefficient (Wildman–Crippen LogP) is 4.33. The standard InChI is InChI=1S/C14H17BrN2S/c1-14(2,3)12-11(8-16)18-13(17-12)9-6-4-5-7-10(9)15/h4-7H,8,16H2,1-3H3. The minimum Gasteiger partial charge on any atom is -0.326 e. The monoisotopic (exact) mass is 324 g/mol. The third-order valence-electron chi connectivity index (χ3n) is 2.70. The molecule has 0 bridgehead atoms. The highest BCUT2D eigenvalue weighted by Crippen LogP contribution is 2.36. The molecule has 1 aromatic carbocycles. The number of halogens is 1. The summed E-state index contributed by atoms with van der Waals surface area (Å²) in [5, 5.41) is 1.04. The Kier molecular flexibility index (Phi) is 3.90. The predicted molar refractivity (Wildman–Crippen MR) is 81.8 cm³/mol. The average Bonchev–Trinajstić information content (AvgIpc) is 2.73. The summed E-state index contributed by atoms with van der Waals surface area (Å²) in [5.41, 5.74) is 8.11. The van der Waals surface area contributed by atoms with Crippen LogP contribution < -0.4 is 5.73 Å². The van der Waals surface area contributed by atoms with Crippen molar-refractivity contribution in [3.8, 4) is 10.6 Å². The molecule has 2 nitrogen and oxygen atoms in total. The lowest BCUT2D eigenvalue weighted by Gasteiger charge is -2.16. The second kappa shape index (κ2) is 5.11. The molecule has 96 valence electrons. The first-order valence-electron chi connectivity index (χ1n) is 5.88. The molecular weight excluding hydrogens is 308 g/mol. The minimum absolute atomic E-state index is 0.0325. The molecule has 0 saturated heterocycles. The van der Waals surface area contributed by atoms with Gasteiger partial charge in [-0.25, -0.2) is 4.98 Å². The molecule has 0 aliphatic heterocycles. The molecule has 4 heteroatoms. The van der Waals surface area contributed by atoms with Crippen molar-refractivity contribution in [1.82, 2.24) is 4.98 Å². The first-order chi connectivity index (χ1) is 8.43. The Morgan fingerprint density at radius 1 is 1.28 bits per heavy atom. The number of hydrogen-bond donors (Lipinski definition) is 1. The molecule has 0 atom stereocenters. The SMILES string of the molecule is CC(C)(C)c1nc(-c2ccccc2Br)sc1CN. The van der Waals surface area contributed by atoms with E-state index in [4.69, 9.17) is 10.7 Å². The summed E-state index contributed by atoms with van der Waals surface area (Å²) in [6.45, 7) is 7.07. The van der Waals surface area contributed by atoms with Crippen molar-refractivity contribution < 1.29 is 0 Å². The maximum atomic E-state index is 5.84.